The van der Waals surface area contributed by atoms with Crippen LogP contribution in [-0.2, 0) is 0 Å². The van der Waals surface area contributed by atoms with Crippen LogP contribution in [0.2, 0.25) is 5.82 Å². The molecule has 0 N–H and O–H groups in total. The van der Waals surface area contributed by atoms with Gasteiger partial charge in [0.25, 0.3) is 0 Å². The van der Waals surface area contributed by atoms with Crippen LogP contribution in [-0.4, -0.2) is 29.9 Å². The number of benzene rings is 3. The molecule has 0 aliphatic heterocycles. The first-order valence-corrected chi connectivity index (χ1v) is 10.5. The summed E-state index contributed by atoms with van der Waals surface area (Å²) < 4.78 is 4.48. The van der Waals surface area contributed by atoms with E-state index in [1.807, 2.05) is 0 Å². The average Bonchev–Trinajstić information content (AvgIpc) is 2.48. The first-order valence-electron chi connectivity index (χ1n) is 6.17. The predicted octanol–water partition coefficient (Wildman–Crippen LogP) is 1.87. The molecule has 0 heterocycles. The monoisotopic (exact) mass is 378 g/mol. The van der Waals surface area contributed by atoms with E-state index >= 15 is 0 Å². The fourth-order valence-electron chi connectivity index (χ4n) is 2.14. The van der Waals surface area contributed by atoms with E-state index in [1.165, 1.54) is 24.2 Å². The van der Waals surface area contributed by atoms with Gasteiger partial charge in [-0.05, 0) is 0 Å². The summed E-state index contributed by atoms with van der Waals surface area (Å²) in [6, 6.07) is 24.2. The summed E-state index contributed by atoms with van der Waals surface area (Å²) in [5, 5.41) is 2.88. The van der Waals surface area contributed by atoms with E-state index in [9.17, 15) is 0 Å². The van der Waals surface area contributed by atoms with Crippen LogP contribution in [0, 0.1) is 0 Å². The van der Waals surface area contributed by atoms with Gasteiger partial charge in [-0.1, -0.05) is 0 Å². The molecule has 0 atom stereocenters. The normalized spacial score (nSPS) is 10.8. The molecule has 3 aromatic carbocycles. The number of rotatable bonds is 3. The van der Waals surface area contributed by atoms with Gasteiger partial charge >= 0.3 is 127 Å². The van der Waals surface area contributed by atoms with Crippen molar-refractivity contribution in [1.82, 2.24) is 0 Å². The van der Waals surface area contributed by atoms with E-state index in [0.29, 0.717) is 29.9 Å². The van der Waals surface area contributed by atoms with Crippen LogP contribution in [0.5, 0.6) is 0 Å². The molecule has 94 valence electrons. The van der Waals surface area contributed by atoms with Crippen molar-refractivity contribution >= 4 is 54.1 Å². The number of fused-ring (bicyclic) bond motifs is 1. The molecule has 3 aromatic rings. The van der Waals surface area contributed by atoms with Crippen molar-refractivity contribution in [2.24, 2.45) is 0 Å². The van der Waals surface area contributed by atoms with Crippen LogP contribution in [0.4, 0.5) is 0 Å². The molecule has 0 aliphatic carbocycles. The Morgan fingerprint density at radius 1 is 0.684 bits per heavy atom. The van der Waals surface area contributed by atoms with Crippen LogP contribution >= 0.6 is 0 Å². The van der Waals surface area contributed by atoms with Crippen LogP contribution in [0.15, 0.2) is 66.7 Å². The Hall–Kier alpha value is -1.04. The molecule has 0 nitrogen and oxygen atoms in total. The summed E-state index contributed by atoms with van der Waals surface area (Å²) in [5.74, 6) is 2.30. The summed E-state index contributed by atoms with van der Waals surface area (Å²) in [4.78, 5) is 0. The first-order chi connectivity index (χ1) is 9.38. The molecule has 3 rings (SSSR count). The summed E-state index contributed by atoms with van der Waals surface area (Å²) >= 11 is 0.935. The zero-order valence-electron chi connectivity index (χ0n) is 10.7. The quantitative estimate of drug-likeness (QED) is 0.613. The fourth-order valence-corrected chi connectivity index (χ4v) is 5.98. The van der Waals surface area contributed by atoms with Gasteiger partial charge in [0.2, 0.25) is 0 Å². The Labute approximate surface area is 126 Å². The van der Waals surface area contributed by atoms with Gasteiger partial charge in [0.05, 0.1) is 0 Å². The zero-order chi connectivity index (χ0) is 13.1. The fraction of sp³-hybridized carbons (Fsp3) is 0.0588. The SMILES string of the molecule is C[Se]c1cccc2cccc([Se]c3ccccc3)c12. The molecule has 0 radical (unpaired) electrons. The Morgan fingerprint density at radius 2 is 1.37 bits per heavy atom. The van der Waals surface area contributed by atoms with Crippen molar-refractivity contribution < 1.29 is 0 Å². The average molecular weight is 376 g/mol. The van der Waals surface area contributed by atoms with E-state index in [1.54, 1.807) is 0 Å². The van der Waals surface area contributed by atoms with Gasteiger partial charge in [0, 0.05) is 0 Å². The van der Waals surface area contributed by atoms with Crippen molar-refractivity contribution in [3.63, 3.8) is 0 Å². The molecule has 0 bridgehead atoms. The van der Waals surface area contributed by atoms with Gasteiger partial charge in [-0.2, -0.15) is 0 Å². The molecule has 0 aliphatic rings. The van der Waals surface area contributed by atoms with E-state index in [2.05, 4.69) is 72.6 Å². The first kappa shape index (κ1) is 13.0. The molecule has 2 heteroatoms. The Kier molecular flexibility index (Phi) is 4.06. The summed E-state index contributed by atoms with van der Waals surface area (Å²) in [7, 11) is 0. The van der Waals surface area contributed by atoms with Crippen molar-refractivity contribution in [1.29, 1.82) is 0 Å². The molecule has 0 saturated heterocycles. The number of hydrogen-bond donors (Lipinski definition) is 0. The molecular formula is C17H14Se2. The molecule has 0 aromatic heterocycles. The van der Waals surface area contributed by atoms with Gasteiger partial charge in [0.15, 0.2) is 0 Å². The third-order valence-electron chi connectivity index (χ3n) is 3.02. The Balaban J connectivity index is 2.13. The van der Waals surface area contributed by atoms with Gasteiger partial charge in [0.1, 0.15) is 0 Å². The van der Waals surface area contributed by atoms with Crippen LogP contribution in [0.25, 0.3) is 10.8 Å². The van der Waals surface area contributed by atoms with Crippen LogP contribution in [0.3, 0.4) is 0 Å². The maximum absolute atomic E-state index is 2.30. The third kappa shape index (κ3) is 2.78. The van der Waals surface area contributed by atoms with E-state index in [0.717, 1.165) is 0 Å². The minimum atomic E-state index is 0.391. The van der Waals surface area contributed by atoms with Crippen LogP contribution in [0.1, 0.15) is 0 Å². The van der Waals surface area contributed by atoms with E-state index in [-0.39, 0.29) is 0 Å². The van der Waals surface area contributed by atoms with Crippen molar-refractivity contribution in [2.45, 2.75) is 5.82 Å². The molecule has 0 fully saturated rings. The minimum absolute atomic E-state index is 0.391. The summed E-state index contributed by atoms with van der Waals surface area (Å²) in [6.07, 6.45) is 0. The second-order valence-corrected chi connectivity index (χ2v) is 8.35. The molecule has 0 amide bonds. The van der Waals surface area contributed by atoms with E-state index < -0.39 is 0 Å². The number of hydrogen-bond acceptors (Lipinski definition) is 0. The zero-order valence-corrected chi connectivity index (χ0v) is 14.1. The predicted molar refractivity (Wildman–Crippen MR) is 86.7 cm³/mol. The van der Waals surface area contributed by atoms with Gasteiger partial charge in [-0.3, -0.25) is 0 Å². The topological polar surface area (TPSA) is 0 Å². The molecule has 0 saturated carbocycles. The van der Waals surface area contributed by atoms with Crippen molar-refractivity contribution in [3.05, 3.63) is 66.7 Å². The van der Waals surface area contributed by atoms with Crippen LogP contribution < -0.4 is 13.4 Å². The molecule has 19 heavy (non-hydrogen) atoms. The maximum atomic E-state index is 2.30. The van der Waals surface area contributed by atoms with Gasteiger partial charge in [-0.15, -0.1) is 0 Å². The van der Waals surface area contributed by atoms with Crippen molar-refractivity contribution in [3.8, 4) is 0 Å². The van der Waals surface area contributed by atoms with E-state index in [4.69, 9.17) is 0 Å². The third-order valence-corrected chi connectivity index (χ3v) is 6.90. The summed E-state index contributed by atoms with van der Waals surface area (Å²) in [6.45, 7) is 0. The molecule has 0 unspecified atom stereocenters. The Bertz CT molecular complexity index is 685. The second kappa shape index (κ2) is 5.94. The van der Waals surface area contributed by atoms with Crippen molar-refractivity contribution in [2.75, 3.05) is 0 Å². The Morgan fingerprint density at radius 3 is 2.05 bits per heavy atom. The standard InChI is InChI=1S/C17H14Se2/c1-18-15-11-5-7-13-8-6-12-16(17(13)15)19-14-9-3-2-4-10-14/h2-12H,1H3. The van der Waals surface area contributed by atoms with Gasteiger partial charge in [-0.25, -0.2) is 0 Å². The summed E-state index contributed by atoms with van der Waals surface area (Å²) in [5.41, 5.74) is 0. The second-order valence-electron chi connectivity index (χ2n) is 4.23. The molecule has 0 spiro atoms. The van der Waals surface area contributed by atoms with Gasteiger partial charge < -0.3 is 0 Å². The molecular weight excluding hydrogens is 362 g/mol.